The maximum absolute atomic E-state index is 7.05. The maximum Gasteiger partial charge on any atom is 0.161 e. The quantitative estimate of drug-likeness (QED) is 0.482. The van der Waals surface area contributed by atoms with Crippen molar-refractivity contribution in [2.75, 3.05) is 14.1 Å². The molecule has 0 atom stereocenters. The molecule has 1 aromatic heterocycles. The van der Waals surface area contributed by atoms with Gasteiger partial charge in [-0.15, -0.1) is 11.3 Å². The molecule has 0 spiro atoms. The molecular weight excluding hydrogens is 248 g/mol. The maximum atomic E-state index is 7.05. The van der Waals surface area contributed by atoms with Crippen LogP contribution < -0.4 is 5.73 Å². The van der Waals surface area contributed by atoms with Crippen LogP contribution in [0.2, 0.25) is 0 Å². The highest BCUT2D eigenvalue weighted by molar-refractivity contribution is 8.81. The molecular formula is C8H14N4S3. The van der Waals surface area contributed by atoms with E-state index in [2.05, 4.69) is 15.3 Å². The molecule has 1 aromatic rings. The second-order valence-corrected chi connectivity index (χ2v) is 6.46. The number of aromatic nitrogens is 1. The highest BCUT2D eigenvalue weighted by Gasteiger charge is 2.03. The fourth-order valence-corrected chi connectivity index (χ4v) is 3.30. The Morgan fingerprint density at radius 3 is 3.00 bits per heavy atom. The van der Waals surface area contributed by atoms with E-state index in [0.29, 0.717) is 0 Å². The smallest absolute Gasteiger partial charge is 0.161 e. The van der Waals surface area contributed by atoms with E-state index in [9.17, 15) is 0 Å². The number of hydrogen-bond donors (Lipinski definition) is 2. The Labute approximate surface area is 102 Å². The van der Waals surface area contributed by atoms with E-state index < -0.39 is 0 Å². The summed E-state index contributed by atoms with van der Waals surface area (Å²) in [5.74, 6) is 0.800. The SMILES string of the molecule is CN(C)Cc1nc(CSSC(=N)N)cs1. The minimum atomic E-state index is 0.142. The van der Waals surface area contributed by atoms with Crippen LogP contribution in [-0.2, 0) is 12.3 Å². The molecule has 1 heterocycles. The zero-order valence-electron chi connectivity index (χ0n) is 8.69. The lowest BCUT2D eigenvalue weighted by Crippen LogP contribution is -2.10. The molecule has 1 rings (SSSR count). The first kappa shape index (κ1) is 12.8. The van der Waals surface area contributed by atoms with Gasteiger partial charge in [-0.1, -0.05) is 10.8 Å². The Bertz CT molecular complexity index is 323. The zero-order valence-corrected chi connectivity index (χ0v) is 11.1. The van der Waals surface area contributed by atoms with Crippen LogP contribution in [0, 0.1) is 5.41 Å². The monoisotopic (exact) mass is 262 g/mol. The van der Waals surface area contributed by atoms with Crippen molar-refractivity contribution >= 4 is 38.1 Å². The lowest BCUT2D eigenvalue weighted by Gasteiger charge is -2.04. The van der Waals surface area contributed by atoms with Gasteiger partial charge < -0.3 is 10.6 Å². The van der Waals surface area contributed by atoms with Crippen molar-refractivity contribution in [2.24, 2.45) is 5.73 Å². The average Bonchev–Trinajstić information content (AvgIpc) is 2.50. The number of nitrogens with one attached hydrogen (secondary N) is 1. The second-order valence-electron chi connectivity index (χ2n) is 3.18. The van der Waals surface area contributed by atoms with Crippen LogP contribution in [0.15, 0.2) is 5.38 Å². The van der Waals surface area contributed by atoms with Crippen molar-refractivity contribution in [3.8, 4) is 0 Å². The fourth-order valence-electron chi connectivity index (χ4n) is 0.912. The third kappa shape index (κ3) is 5.41. The summed E-state index contributed by atoms with van der Waals surface area (Å²) in [5, 5.41) is 10.4. The molecule has 0 fully saturated rings. The van der Waals surface area contributed by atoms with Gasteiger partial charge in [-0.25, -0.2) is 4.98 Å². The molecule has 3 N–H and O–H groups in total. The van der Waals surface area contributed by atoms with E-state index in [1.165, 1.54) is 10.8 Å². The molecule has 0 radical (unpaired) electrons. The molecule has 0 aliphatic carbocycles. The van der Waals surface area contributed by atoms with Crippen molar-refractivity contribution in [1.29, 1.82) is 5.41 Å². The molecule has 0 saturated heterocycles. The van der Waals surface area contributed by atoms with Crippen LogP contribution in [0.4, 0.5) is 0 Å². The van der Waals surface area contributed by atoms with E-state index in [-0.39, 0.29) is 5.17 Å². The Morgan fingerprint density at radius 1 is 1.67 bits per heavy atom. The van der Waals surface area contributed by atoms with Crippen LogP contribution >= 0.6 is 32.9 Å². The largest absolute Gasteiger partial charge is 0.378 e. The van der Waals surface area contributed by atoms with Crippen LogP contribution in [-0.4, -0.2) is 29.1 Å². The molecule has 4 nitrogen and oxygen atoms in total. The van der Waals surface area contributed by atoms with Gasteiger partial charge in [0.15, 0.2) is 5.17 Å². The summed E-state index contributed by atoms with van der Waals surface area (Å²) in [5.41, 5.74) is 6.29. The van der Waals surface area contributed by atoms with Gasteiger partial charge in [-0.3, -0.25) is 5.41 Å². The van der Waals surface area contributed by atoms with Crippen LogP contribution in [0.5, 0.6) is 0 Å². The molecule has 0 saturated carbocycles. The van der Waals surface area contributed by atoms with E-state index in [1.54, 1.807) is 22.1 Å². The summed E-state index contributed by atoms with van der Waals surface area (Å²) >= 11 is 1.68. The van der Waals surface area contributed by atoms with Crippen LogP contribution in [0.1, 0.15) is 10.7 Å². The number of hydrogen-bond acceptors (Lipinski definition) is 6. The highest BCUT2D eigenvalue weighted by Crippen LogP contribution is 2.25. The first-order valence-corrected chi connectivity index (χ1v) is 7.49. The normalized spacial score (nSPS) is 10.9. The van der Waals surface area contributed by atoms with Gasteiger partial charge in [0.2, 0.25) is 0 Å². The van der Waals surface area contributed by atoms with Gasteiger partial charge in [0, 0.05) is 17.7 Å². The van der Waals surface area contributed by atoms with E-state index in [4.69, 9.17) is 11.1 Å². The topological polar surface area (TPSA) is 66.0 Å². The Balaban J connectivity index is 2.36. The summed E-state index contributed by atoms with van der Waals surface area (Å²) in [4.78, 5) is 6.58. The highest BCUT2D eigenvalue weighted by atomic mass is 33.1. The first-order valence-electron chi connectivity index (χ1n) is 4.29. The summed E-state index contributed by atoms with van der Waals surface area (Å²) in [6.45, 7) is 0.884. The van der Waals surface area contributed by atoms with Gasteiger partial charge >= 0.3 is 0 Å². The minimum absolute atomic E-state index is 0.142. The van der Waals surface area contributed by atoms with Gasteiger partial charge in [-0.2, -0.15) is 0 Å². The van der Waals surface area contributed by atoms with Crippen molar-refractivity contribution in [1.82, 2.24) is 9.88 Å². The number of nitrogens with zero attached hydrogens (tertiary/aromatic N) is 2. The van der Waals surface area contributed by atoms with Gasteiger partial charge in [-0.05, 0) is 24.9 Å². The van der Waals surface area contributed by atoms with E-state index in [1.807, 2.05) is 14.1 Å². The standard InChI is InChI=1S/C8H14N4S3/c1-12(2)3-7-11-6(4-13-7)5-14-15-8(9)10/h4H,3,5H2,1-2H3,(H3,9,10). The molecule has 15 heavy (non-hydrogen) atoms. The third-order valence-corrected chi connectivity index (χ3v) is 4.25. The molecule has 0 unspecified atom stereocenters. The van der Waals surface area contributed by atoms with Crippen molar-refractivity contribution < 1.29 is 0 Å². The van der Waals surface area contributed by atoms with Gasteiger partial charge in [0.05, 0.1) is 5.69 Å². The lowest BCUT2D eigenvalue weighted by molar-refractivity contribution is 0.401. The summed E-state index contributed by atoms with van der Waals surface area (Å²) in [6.07, 6.45) is 0. The van der Waals surface area contributed by atoms with E-state index in [0.717, 1.165) is 23.0 Å². The Hall–Kier alpha value is -0.240. The van der Waals surface area contributed by atoms with Gasteiger partial charge in [0.1, 0.15) is 5.01 Å². The van der Waals surface area contributed by atoms with Gasteiger partial charge in [0.25, 0.3) is 0 Å². The number of rotatable bonds is 5. The lowest BCUT2D eigenvalue weighted by atomic mass is 10.5. The fraction of sp³-hybridized carbons (Fsp3) is 0.500. The molecule has 0 amide bonds. The zero-order chi connectivity index (χ0) is 11.3. The summed E-state index contributed by atoms with van der Waals surface area (Å²) in [7, 11) is 6.88. The summed E-state index contributed by atoms with van der Waals surface area (Å²) in [6, 6.07) is 0. The van der Waals surface area contributed by atoms with Crippen LogP contribution in [0.3, 0.4) is 0 Å². The minimum Gasteiger partial charge on any atom is -0.378 e. The molecule has 0 bridgehead atoms. The predicted molar refractivity (Wildman–Crippen MR) is 70.3 cm³/mol. The Morgan fingerprint density at radius 2 is 2.40 bits per heavy atom. The molecule has 84 valence electrons. The Kier molecular flexibility index (Phi) is 5.44. The molecule has 0 aromatic carbocycles. The average molecular weight is 262 g/mol. The number of thiazole rings is 1. The second kappa shape index (κ2) is 6.37. The number of amidine groups is 1. The van der Waals surface area contributed by atoms with Crippen molar-refractivity contribution in [3.05, 3.63) is 16.1 Å². The molecule has 0 aliphatic rings. The van der Waals surface area contributed by atoms with E-state index >= 15 is 0 Å². The van der Waals surface area contributed by atoms with Crippen molar-refractivity contribution in [3.63, 3.8) is 0 Å². The predicted octanol–water partition coefficient (Wildman–Crippen LogP) is 1.98. The molecule has 7 heteroatoms. The van der Waals surface area contributed by atoms with Crippen molar-refractivity contribution in [2.45, 2.75) is 12.3 Å². The van der Waals surface area contributed by atoms with Crippen LogP contribution in [0.25, 0.3) is 0 Å². The molecule has 0 aliphatic heterocycles. The first-order chi connectivity index (χ1) is 7.08. The number of nitrogens with two attached hydrogens (primary N) is 1. The summed E-state index contributed by atoms with van der Waals surface area (Å²) < 4.78 is 0. The third-order valence-electron chi connectivity index (χ3n) is 1.41.